The summed E-state index contributed by atoms with van der Waals surface area (Å²) < 4.78 is 16.0. The highest BCUT2D eigenvalue weighted by Crippen LogP contribution is 2.48. The Kier molecular flexibility index (Phi) is 7.76. The Morgan fingerprint density at radius 3 is 2.24 bits per heavy atom. The summed E-state index contributed by atoms with van der Waals surface area (Å²) >= 11 is 0. The molecule has 3 rings (SSSR count). The van der Waals surface area contributed by atoms with Crippen LogP contribution in [0.5, 0.6) is 5.75 Å². The molecule has 2 aromatic rings. The molecular weight excluding hydrogens is 422 g/mol. The van der Waals surface area contributed by atoms with E-state index >= 15 is 0 Å². The van der Waals surface area contributed by atoms with Crippen LogP contribution in [0.2, 0.25) is 0 Å². The van der Waals surface area contributed by atoms with Crippen molar-refractivity contribution in [1.29, 1.82) is 0 Å². The van der Waals surface area contributed by atoms with Crippen LogP contribution in [0.1, 0.15) is 38.7 Å². The SMILES string of the molecule is CCOC(=O)C1=C(Nc2ccccc2)C[C@@](C)(O)[C@@H](C(=O)OCC)[C@@H]1c1ccc(OC)cc1. The van der Waals surface area contributed by atoms with Crippen molar-refractivity contribution in [3.8, 4) is 5.75 Å². The molecular formula is C26H31NO6. The summed E-state index contributed by atoms with van der Waals surface area (Å²) in [4.78, 5) is 26.4. The fourth-order valence-corrected chi connectivity index (χ4v) is 4.34. The minimum absolute atomic E-state index is 0.0478. The molecule has 1 aliphatic rings. The van der Waals surface area contributed by atoms with Crippen molar-refractivity contribution in [2.45, 2.75) is 38.7 Å². The van der Waals surface area contributed by atoms with Crippen molar-refractivity contribution in [3.63, 3.8) is 0 Å². The Balaban J connectivity index is 2.23. The molecule has 2 aromatic carbocycles. The molecule has 0 saturated heterocycles. The molecule has 0 spiro atoms. The van der Waals surface area contributed by atoms with Gasteiger partial charge in [-0.2, -0.15) is 0 Å². The van der Waals surface area contributed by atoms with Gasteiger partial charge in [0.25, 0.3) is 0 Å². The molecule has 7 heteroatoms. The third-order valence-corrected chi connectivity index (χ3v) is 5.75. The number of benzene rings is 2. The maximum absolute atomic E-state index is 13.3. The van der Waals surface area contributed by atoms with Gasteiger partial charge in [-0.05, 0) is 50.6 Å². The minimum Gasteiger partial charge on any atom is -0.497 e. The number of rotatable bonds is 8. The Hall–Kier alpha value is -3.32. The molecule has 33 heavy (non-hydrogen) atoms. The smallest absolute Gasteiger partial charge is 0.336 e. The molecule has 0 unspecified atom stereocenters. The molecule has 176 valence electrons. The Bertz CT molecular complexity index is 997. The summed E-state index contributed by atoms with van der Waals surface area (Å²) in [6.07, 6.45) is 0.0478. The van der Waals surface area contributed by atoms with Crippen molar-refractivity contribution >= 4 is 17.6 Å². The van der Waals surface area contributed by atoms with E-state index in [9.17, 15) is 14.7 Å². The number of ether oxygens (including phenoxy) is 3. The van der Waals surface area contributed by atoms with Gasteiger partial charge in [-0.25, -0.2) is 4.79 Å². The van der Waals surface area contributed by atoms with Crippen LogP contribution in [0.4, 0.5) is 5.69 Å². The summed E-state index contributed by atoms with van der Waals surface area (Å²) in [5, 5.41) is 14.8. The van der Waals surface area contributed by atoms with Gasteiger partial charge < -0.3 is 24.6 Å². The first-order chi connectivity index (χ1) is 15.8. The van der Waals surface area contributed by atoms with E-state index in [4.69, 9.17) is 14.2 Å². The van der Waals surface area contributed by atoms with Gasteiger partial charge in [-0.1, -0.05) is 30.3 Å². The second-order valence-corrected chi connectivity index (χ2v) is 8.12. The third-order valence-electron chi connectivity index (χ3n) is 5.75. The van der Waals surface area contributed by atoms with Gasteiger partial charge in [0.15, 0.2) is 0 Å². The summed E-state index contributed by atoms with van der Waals surface area (Å²) in [5.74, 6) is -2.26. The molecule has 0 aliphatic heterocycles. The molecule has 3 atom stereocenters. The molecule has 0 amide bonds. The van der Waals surface area contributed by atoms with Crippen molar-refractivity contribution in [2.75, 3.05) is 25.6 Å². The van der Waals surface area contributed by atoms with Crippen molar-refractivity contribution in [1.82, 2.24) is 0 Å². The van der Waals surface area contributed by atoms with E-state index in [1.807, 2.05) is 30.3 Å². The minimum atomic E-state index is -1.48. The second-order valence-electron chi connectivity index (χ2n) is 8.12. The Morgan fingerprint density at radius 2 is 1.67 bits per heavy atom. The summed E-state index contributed by atoms with van der Waals surface area (Å²) in [6, 6.07) is 16.5. The standard InChI is InChI=1S/C26H31NO6/c1-5-32-24(28)22-20(27-18-10-8-7-9-11-18)16-26(3,30)23(25(29)33-6-2)21(22)17-12-14-19(31-4)15-13-17/h7-15,21,23,27,30H,5-6,16H2,1-4H3/t21-,23-,26-/m1/s1. The van der Waals surface area contributed by atoms with E-state index < -0.39 is 29.4 Å². The summed E-state index contributed by atoms with van der Waals surface area (Å²) in [5.41, 5.74) is 0.753. The molecule has 2 N–H and O–H groups in total. The lowest BCUT2D eigenvalue weighted by Gasteiger charge is -2.43. The number of para-hydroxylation sites is 1. The van der Waals surface area contributed by atoms with Crippen LogP contribution in [-0.4, -0.2) is 43.0 Å². The van der Waals surface area contributed by atoms with E-state index in [2.05, 4.69) is 5.32 Å². The van der Waals surface area contributed by atoms with Gasteiger partial charge in [-0.3, -0.25) is 4.79 Å². The number of methoxy groups -OCH3 is 1. The topological polar surface area (TPSA) is 94.1 Å². The highest BCUT2D eigenvalue weighted by Gasteiger charge is 2.52. The normalized spacial score (nSPS) is 22.5. The molecule has 0 radical (unpaired) electrons. The van der Waals surface area contributed by atoms with E-state index in [0.717, 1.165) is 5.69 Å². The second kappa shape index (κ2) is 10.5. The van der Waals surface area contributed by atoms with Gasteiger partial charge in [0, 0.05) is 23.7 Å². The molecule has 0 fully saturated rings. The highest BCUT2D eigenvalue weighted by atomic mass is 16.5. The molecule has 0 bridgehead atoms. The Labute approximate surface area is 194 Å². The largest absolute Gasteiger partial charge is 0.497 e. The molecule has 0 heterocycles. The number of carbonyl (C=O) groups excluding carboxylic acids is 2. The first kappa shape index (κ1) is 24.3. The highest BCUT2D eigenvalue weighted by molar-refractivity contribution is 5.94. The zero-order chi connectivity index (χ0) is 24.0. The van der Waals surface area contributed by atoms with Crippen LogP contribution in [-0.2, 0) is 19.1 Å². The lowest BCUT2D eigenvalue weighted by atomic mass is 9.65. The van der Waals surface area contributed by atoms with Gasteiger partial charge >= 0.3 is 11.9 Å². The molecule has 7 nitrogen and oxygen atoms in total. The fourth-order valence-electron chi connectivity index (χ4n) is 4.34. The number of hydrogen-bond acceptors (Lipinski definition) is 7. The van der Waals surface area contributed by atoms with Gasteiger partial charge in [0.2, 0.25) is 0 Å². The number of nitrogens with one attached hydrogen (secondary N) is 1. The van der Waals surface area contributed by atoms with Crippen LogP contribution < -0.4 is 10.1 Å². The van der Waals surface area contributed by atoms with Crippen molar-refractivity contribution < 1.29 is 28.9 Å². The van der Waals surface area contributed by atoms with Crippen LogP contribution in [0, 0.1) is 5.92 Å². The maximum atomic E-state index is 13.3. The van der Waals surface area contributed by atoms with E-state index in [0.29, 0.717) is 22.6 Å². The van der Waals surface area contributed by atoms with Gasteiger partial charge in [0.1, 0.15) is 5.75 Å². The zero-order valence-electron chi connectivity index (χ0n) is 19.5. The maximum Gasteiger partial charge on any atom is 0.336 e. The predicted octanol–water partition coefficient (Wildman–Crippen LogP) is 4.04. The first-order valence-electron chi connectivity index (χ1n) is 11.1. The van der Waals surface area contributed by atoms with E-state index in [1.165, 1.54) is 0 Å². The zero-order valence-corrected chi connectivity index (χ0v) is 19.5. The molecule has 1 aliphatic carbocycles. The molecule has 0 saturated carbocycles. The van der Waals surface area contributed by atoms with Crippen molar-refractivity contribution in [2.24, 2.45) is 5.92 Å². The number of carbonyl (C=O) groups is 2. The predicted molar refractivity (Wildman–Crippen MR) is 125 cm³/mol. The quantitative estimate of drug-likeness (QED) is 0.583. The van der Waals surface area contributed by atoms with E-state index in [-0.39, 0.29) is 19.6 Å². The number of aliphatic hydroxyl groups is 1. The lowest BCUT2D eigenvalue weighted by Crippen LogP contribution is -2.49. The van der Waals surface area contributed by atoms with Crippen LogP contribution in [0.25, 0.3) is 0 Å². The van der Waals surface area contributed by atoms with Gasteiger partial charge in [0.05, 0.1) is 37.4 Å². The molecule has 0 aromatic heterocycles. The lowest BCUT2D eigenvalue weighted by molar-refractivity contribution is -0.159. The average molecular weight is 454 g/mol. The summed E-state index contributed by atoms with van der Waals surface area (Å²) in [6.45, 7) is 5.38. The Morgan fingerprint density at radius 1 is 1.03 bits per heavy atom. The number of hydrogen-bond donors (Lipinski definition) is 2. The average Bonchev–Trinajstić information content (AvgIpc) is 2.79. The van der Waals surface area contributed by atoms with Gasteiger partial charge in [-0.15, -0.1) is 0 Å². The third kappa shape index (κ3) is 5.37. The summed E-state index contributed by atoms with van der Waals surface area (Å²) in [7, 11) is 1.56. The van der Waals surface area contributed by atoms with E-state index in [1.54, 1.807) is 52.1 Å². The van der Waals surface area contributed by atoms with Crippen LogP contribution >= 0.6 is 0 Å². The first-order valence-corrected chi connectivity index (χ1v) is 11.1. The van der Waals surface area contributed by atoms with Crippen molar-refractivity contribution in [3.05, 3.63) is 71.4 Å². The monoisotopic (exact) mass is 453 g/mol. The van der Waals surface area contributed by atoms with Crippen LogP contribution in [0.15, 0.2) is 65.9 Å². The number of anilines is 1. The number of esters is 2. The van der Waals surface area contributed by atoms with Crippen LogP contribution in [0.3, 0.4) is 0 Å². The fraction of sp³-hybridized carbons (Fsp3) is 0.385.